The summed E-state index contributed by atoms with van der Waals surface area (Å²) in [6.07, 6.45) is 1.55. The molecular weight excluding hydrogens is 180 g/mol. The van der Waals surface area contributed by atoms with Crippen molar-refractivity contribution in [3.8, 4) is 0 Å². The van der Waals surface area contributed by atoms with Crippen molar-refractivity contribution in [1.29, 1.82) is 0 Å². The number of rotatable bonds is 1. The van der Waals surface area contributed by atoms with Gasteiger partial charge in [0, 0.05) is 11.7 Å². The van der Waals surface area contributed by atoms with Gasteiger partial charge in [0.2, 0.25) is 0 Å². The second-order valence-electron chi connectivity index (χ2n) is 3.94. The van der Waals surface area contributed by atoms with Crippen molar-refractivity contribution < 1.29 is 4.79 Å². The number of carbonyl (C=O) groups excluding carboxylic acids is 1. The molecule has 0 bridgehead atoms. The molecule has 14 heavy (non-hydrogen) atoms. The third-order valence-corrected chi connectivity index (χ3v) is 1.30. The summed E-state index contributed by atoms with van der Waals surface area (Å²) < 4.78 is 0. The first-order valence-electron chi connectivity index (χ1n) is 4.34. The highest BCUT2D eigenvalue weighted by atomic mass is 16.2. The maximum absolute atomic E-state index is 11.3. The molecule has 2 N–H and O–H groups in total. The van der Waals surface area contributed by atoms with Crippen LogP contribution in [0.25, 0.3) is 0 Å². The van der Waals surface area contributed by atoms with E-state index in [9.17, 15) is 4.79 Å². The molecule has 76 valence electrons. The Morgan fingerprint density at radius 1 is 1.43 bits per heavy atom. The topological polar surface area (TPSA) is 66.9 Å². The third-order valence-electron chi connectivity index (χ3n) is 1.30. The number of anilines is 1. The maximum Gasteiger partial charge on any atom is 0.320 e. The molecule has 1 aromatic rings. The zero-order chi connectivity index (χ0) is 10.6. The average molecular weight is 194 g/mol. The lowest BCUT2D eigenvalue weighted by molar-refractivity contribution is 0.243. The predicted octanol–water partition coefficient (Wildman–Crippen LogP) is 1.40. The monoisotopic (exact) mass is 194 g/mol. The SMILES string of the molecule is CC(C)(C)NC(=O)Nc1cccnn1. The predicted molar refractivity (Wildman–Crippen MR) is 53.9 cm³/mol. The van der Waals surface area contributed by atoms with Crippen LogP contribution in [0.2, 0.25) is 0 Å². The molecule has 0 spiro atoms. The number of urea groups is 1. The van der Waals surface area contributed by atoms with E-state index in [4.69, 9.17) is 0 Å². The fourth-order valence-electron chi connectivity index (χ4n) is 0.856. The smallest absolute Gasteiger partial charge is 0.320 e. The van der Waals surface area contributed by atoms with Crippen molar-refractivity contribution in [1.82, 2.24) is 15.5 Å². The van der Waals surface area contributed by atoms with Crippen LogP contribution in [-0.4, -0.2) is 21.8 Å². The zero-order valence-electron chi connectivity index (χ0n) is 8.53. The Morgan fingerprint density at radius 3 is 2.64 bits per heavy atom. The Hall–Kier alpha value is -1.65. The van der Waals surface area contributed by atoms with Crippen LogP contribution in [0.1, 0.15) is 20.8 Å². The summed E-state index contributed by atoms with van der Waals surface area (Å²) in [5, 5.41) is 12.7. The van der Waals surface area contributed by atoms with Gasteiger partial charge in [0.05, 0.1) is 0 Å². The number of aromatic nitrogens is 2. The Morgan fingerprint density at radius 2 is 2.14 bits per heavy atom. The van der Waals surface area contributed by atoms with Crippen molar-refractivity contribution in [2.75, 3.05) is 5.32 Å². The summed E-state index contributed by atoms with van der Waals surface area (Å²) in [6, 6.07) is 3.10. The van der Waals surface area contributed by atoms with E-state index < -0.39 is 0 Å². The number of carbonyl (C=O) groups is 1. The van der Waals surface area contributed by atoms with Crippen LogP contribution in [0.15, 0.2) is 18.3 Å². The van der Waals surface area contributed by atoms with Gasteiger partial charge in [-0.1, -0.05) is 0 Å². The maximum atomic E-state index is 11.3. The van der Waals surface area contributed by atoms with Crippen LogP contribution in [0.3, 0.4) is 0 Å². The Kier molecular flexibility index (Phi) is 3.01. The lowest BCUT2D eigenvalue weighted by atomic mass is 10.1. The fourth-order valence-corrected chi connectivity index (χ4v) is 0.856. The van der Waals surface area contributed by atoms with Crippen molar-refractivity contribution in [3.63, 3.8) is 0 Å². The van der Waals surface area contributed by atoms with Crippen LogP contribution in [0, 0.1) is 0 Å². The molecule has 0 aliphatic carbocycles. The van der Waals surface area contributed by atoms with E-state index in [0.717, 1.165) is 0 Å². The second-order valence-corrected chi connectivity index (χ2v) is 3.94. The van der Waals surface area contributed by atoms with Crippen LogP contribution >= 0.6 is 0 Å². The molecule has 0 saturated heterocycles. The molecule has 1 rings (SSSR count). The lowest BCUT2D eigenvalue weighted by Gasteiger charge is -2.20. The Labute approximate surface area is 82.9 Å². The van der Waals surface area contributed by atoms with Crippen LogP contribution < -0.4 is 10.6 Å². The highest BCUT2D eigenvalue weighted by molar-refractivity contribution is 5.88. The average Bonchev–Trinajstić information content (AvgIpc) is 2.02. The van der Waals surface area contributed by atoms with Gasteiger partial charge >= 0.3 is 6.03 Å². The molecule has 5 nitrogen and oxygen atoms in total. The first kappa shape index (κ1) is 10.4. The zero-order valence-corrected chi connectivity index (χ0v) is 8.53. The van der Waals surface area contributed by atoms with E-state index in [-0.39, 0.29) is 11.6 Å². The van der Waals surface area contributed by atoms with Crippen molar-refractivity contribution in [3.05, 3.63) is 18.3 Å². The molecule has 5 heteroatoms. The van der Waals surface area contributed by atoms with Gasteiger partial charge in [0.1, 0.15) is 0 Å². The van der Waals surface area contributed by atoms with Gasteiger partial charge in [0.15, 0.2) is 5.82 Å². The van der Waals surface area contributed by atoms with E-state index >= 15 is 0 Å². The molecule has 0 aliphatic heterocycles. The van der Waals surface area contributed by atoms with Crippen LogP contribution in [0.4, 0.5) is 10.6 Å². The minimum Gasteiger partial charge on any atom is -0.333 e. The number of nitrogens with one attached hydrogen (secondary N) is 2. The third kappa shape index (κ3) is 3.84. The Balaban J connectivity index is 2.50. The lowest BCUT2D eigenvalue weighted by Crippen LogP contribution is -2.43. The summed E-state index contributed by atoms with van der Waals surface area (Å²) in [7, 11) is 0. The molecular formula is C9H14N4O. The van der Waals surface area contributed by atoms with Gasteiger partial charge in [-0.15, -0.1) is 5.10 Å². The number of amides is 2. The first-order chi connectivity index (χ1) is 6.47. The van der Waals surface area contributed by atoms with Gasteiger partial charge in [-0.3, -0.25) is 5.32 Å². The summed E-state index contributed by atoms with van der Waals surface area (Å²) in [5.74, 6) is 0.439. The summed E-state index contributed by atoms with van der Waals surface area (Å²) in [6.45, 7) is 5.72. The van der Waals surface area contributed by atoms with Gasteiger partial charge in [-0.05, 0) is 32.9 Å². The molecule has 0 atom stereocenters. The minimum atomic E-state index is -0.280. The molecule has 1 aromatic heterocycles. The standard InChI is InChI=1S/C9H14N4O/c1-9(2,3)12-8(14)11-7-5-4-6-10-13-7/h4-6H,1-3H3,(H2,11,12,13,14). The number of hydrogen-bond donors (Lipinski definition) is 2. The van der Waals surface area contributed by atoms with Crippen molar-refractivity contribution >= 4 is 11.8 Å². The van der Waals surface area contributed by atoms with Gasteiger partial charge in [-0.25, -0.2) is 4.79 Å². The molecule has 0 unspecified atom stereocenters. The van der Waals surface area contributed by atoms with E-state index in [1.54, 1.807) is 18.3 Å². The molecule has 0 saturated carbocycles. The van der Waals surface area contributed by atoms with Crippen molar-refractivity contribution in [2.24, 2.45) is 0 Å². The molecule has 0 radical (unpaired) electrons. The summed E-state index contributed by atoms with van der Waals surface area (Å²) in [5.41, 5.74) is -0.258. The van der Waals surface area contributed by atoms with Crippen LogP contribution in [0.5, 0.6) is 0 Å². The number of nitrogens with zero attached hydrogens (tertiary/aromatic N) is 2. The van der Waals surface area contributed by atoms with Gasteiger partial charge in [0.25, 0.3) is 0 Å². The summed E-state index contributed by atoms with van der Waals surface area (Å²) >= 11 is 0. The highest BCUT2D eigenvalue weighted by Crippen LogP contribution is 2.01. The molecule has 1 heterocycles. The van der Waals surface area contributed by atoms with E-state index in [1.165, 1.54) is 0 Å². The highest BCUT2D eigenvalue weighted by Gasteiger charge is 2.13. The van der Waals surface area contributed by atoms with Crippen molar-refractivity contribution in [2.45, 2.75) is 26.3 Å². The van der Waals surface area contributed by atoms with E-state index in [2.05, 4.69) is 20.8 Å². The summed E-state index contributed by atoms with van der Waals surface area (Å²) in [4.78, 5) is 11.3. The Bertz CT molecular complexity index is 304. The largest absolute Gasteiger partial charge is 0.333 e. The molecule has 0 aliphatic rings. The number of hydrogen-bond acceptors (Lipinski definition) is 3. The molecule has 0 aromatic carbocycles. The minimum absolute atomic E-state index is 0.258. The fraction of sp³-hybridized carbons (Fsp3) is 0.444. The van der Waals surface area contributed by atoms with Gasteiger partial charge < -0.3 is 5.32 Å². The van der Waals surface area contributed by atoms with E-state index in [0.29, 0.717) is 5.82 Å². The molecule has 2 amide bonds. The van der Waals surface area contributed by atoms with Gasteiger partial charge in [-0.2, -0.15) is 5.10 Å². The normalized spacial score (nSPS) is 10.8. The van der Waals surface area contributed by atoms with Crippen LogP contribution in [-0.2, 0) is 0 Å². The first-order valence-corrected chi connectivity index (χ1v) is 4.34. The van der Waals surface area contributed by atoms with E-state index in [1.807, 2.05) is 20.8 Å². The molecule has 0 fully saturated rings. The second kappa shape index (κ2) is 4.04. The quantitative estimate of drug-likeness (QED) is 0.710.